The normalized spacial score (nSPS) is 11.1. The van der Waals surface area contributed by atoms with E-state index in [9.17, 15) is 0 Å². The summed E-state index contributed by atoms with van der Waals surface area (Å²) in [7, 11) is 0. The maximum atomic E-state index is 4.43. The van der Waals surface area contributed by atoms with E-state index in [0.29, 0.717) is 6.04 Å². The van der Waals surface area contributed by atoms with Crippen LogP contribution in [0.5, 0.6) is 0 Å². The molecular weight excluding hydrogens is 222 g/mol. The highest BCUT2D eigenvalue weighted by atomic mass is 15.1. The summed E-state index contributed by atoms with van der Waals surface area (Å²) in [4.78, 5) is 4.43. The Labute approximate surface area is 109 Å². The minimum absolute atomic E-state index is 0.606. The Balaban J connectivity index is 2.05. The average molecular weight is 244 g/mol. The van der Waals surface area contributed by atoms with Gasteiger partial charge in [0.05, 0.1) is 6.04 Å². The van der Waals surface area contributed by atoms with Crippen LogP contribution in [0.3, 0.4) is 0 Å². The summed E-state index contributed by atoms with van der Waals surface area (Å²) in [5.74, 6) is 1.14. The summed E-state index contributed by atoms with van der Waals surface area (Å²) in [5, 5.41) is 2.30. The molecule has 2 aromatic rings. The van der Waals surface area contributed by atoms with E-state index in [1.807, 2.05) is 6.20 Å². The second kappa shape index (κ2) is 5.83. The molecule has 0 bridgehead atoms. The molecule has 3 heteroatoms. The molecule has 0 aliphatic carbocycles. The van der Waals surface area contributed by atoms with Crippen LogP contribution in [0.1, 0.15) is 30.8 Å². The largest absolute Gasteiger partial charge is 0.338 e. The highest BCUT2D eigenvalue weighted by Crippen LogP contribution is 2.07. The Morgan fingerprint density at radius 3 is 2.61 bits per heavy atom. The van der Waals surface area contributed by atoms with Crippen molar-refractivity contribution in [2.45, 2.75) is 39.9 Å². The van der Waals surface area contributed by atoms with Crippen LogP contribution < -0.4 is 5.32 Å². The van der Waals surface area contributed by atoms with Crippen LogP contribution in [0.25, 0.3) is 0 Å². The van der Waals surface area contributed by atoms with Crippen molar-refractivity contribution in [3.63, 3.8) is 0 Å². The molecule has 18 heavy (non-hydrogen) atoms. The molecule has 1 aromatic carbocycles. The minimum Gasteiger partial charge on any atom is -0.338 e. The molecule has 2 rings (SSSR count). The van der Waals surface area contributed by atoms with Gasteiger partial charge in [0.15, 0.2) is 5.82 Å². The predicted octanol–water partition coefficient (Wildman–Crippen LogP) is 1.71. The van der Waals surface area contributed by atoms with Crippen molar-refractivity contribution in [2.75, 3.05) is 0 Å². The van der Waals surface area contributed by atoms with Crippen molar-refractivity contribution in [3.8, 4) is 0 Å². The molecule has 1 heterocycles. The van der Waals surface area contributed by atoms with E-state index in [1.165, 1.54) is 11.1 Å². The van der Waals surface area contributed by atoms with Gasteiger partial charge in [-0.3, -0.25) is 0 Å². The topological polar surface area (TPSA) is 34.4 Å². The Bertz CT molecular complexity index is 483. The third-order valence-electron chi connectivity index (χ3n) is 3.05. The maximum Gasteiger partial charge on any atom is 0.164 e. The van der Waals surface area contributed by atoms with Gasteiger partial charge in [0.1, 0.15) is 6.54 Å². The van der Waals surface area contributed by atoms with E-state index < -0.39 is 0 Å². The summed E-state index contributed by atoms with van der Waals surface area (Å²) in [6.07, 6.45) is 3.95. The highest BCUT2D eigenvalue weighted by Gasteiger charge is 2.06. The van der Waals surface area contributed by atoms with Crippen molar-refractivity contribution in [1.29, 1.82) is 0 Å². The van der Waals surface area contributed by atoms with Gasteiger partial charge in [0, 0.05) is 18.9 Å². The molecule has 0 atom stereocenters. The van der Waals surface area contributed by atoms with Crippen molar-refractivity contribution in [2.24, 2.45) is 0 Å². The number of quaternary nitrogens is 1. The molecule has 0 spiro atoms. The monoisotopic (exact) mass is 244 g/mol. The van der Waals surface area contributed by atoms with Crippen molar-refractivity contribution in [1.82, 2.24) is 9.55 Å². The smallest absolute Gasteiger partial charge is 0.164 e. The number of hydrogen-bond acceptors (Lipinski definition) is 1. The Kier molecular flexibility index (Phi) is 4.15. The molecule has 0 radical (unpaired) electrons. The van der Waals surface area contributed by atoms with E-state index >= 15 is 0 Å². The standard InChI is InChI=1S/C15H21N3/c1-12(2)17-10-15-16-8-9-18(15)11-14-6-4-13(3)5-7-14/h4-9,12,17H,10-11H2,1-3H3/p+1. The summed E-state index contributed by atoms with van der Waals surface area (Å²) in [5.41, 5.74) is 2.63. The van der Waals surface area contributed by atoms with Gasteiger partial charge in [0.25, 0.3) is 0 Å². The molecule has 3 nitrogen and oxygen atoms in total. The number of rotatable bonds is 5. The fourth-order valence-electron chi connectivity index (χ4n) is 1.91. The quantitative estimate of drug-likeness (QED) is 0.853. The lowest BCUT2D eigenvalue weighted by Gasteiger charge is -2.09. The first kappa shape index (κ1) is 12.8. The molecule has 0 fully saturated rings. The highest BCUT2D eigenvalue weighted by molar-refractivity contribution is 5.21. The summed E-state index contributed by atoms with van der Waals surface area (Å²) < 4.78 is 2.23. The summed E-state index contributed by atoms with van der Waals surface area (Å²) in [6, 6.07) is 9.30. The van der Waals surface area contributed by atoms with Gasteiger partial charge in [-0.2, -0.15) is 0 Å². The molecule has 0 amide bonds. The fourth-order valence-corrected chi connectivity index (χ4v) is 1.91. The maximum absolute atomic E-state index is 4.43. The van der Waals surface area contributed by atoms with Crippen LogP contribution in [-0.4, -0.2) is 15.6 Å². The Hall–Kier alpha value is -1.61. The third kappa shape index (κ3) is 3.44. The minimum atomic E-state index is 0.606. The average Bonchev–Trinajstić information content (AvgIpc) is 2.77. The Morgan fingerprint density at radius 1 is 1.22 bits per heavy atom. The van der Waals surface area contributed by atoms with Crippen LogP contribution in [0.2, 0.25) is 0 Å². The van der Waals surface area contributed by atoms with E-state index in [0.717, 1.165) is 18.9 Å². The third-order valence-corrected chi connectivity index (χ3v) is 3.05. The lowest BCUT2D eigenvalue weighted by molar-refractivity contribution is -0.699. The molecular formula is C15H22N3+. The summed E-state index contributed by atoms with van der Waals surface area (Å²) >= 11 is 0. The van der Waals surface area contributed by atoms with Gasteiger partial charge < -0.3 is 9.88 Å². The lowest BCUT2D eigenvalue weighted by atomic mass is 10.1. The second-order valence-corrected chi connectivity index (χ2v) is 5.14. The van der Waals surface area contributed by atoms with Gasteiger partial charge in [-0.25, -0.2) is 4.98 Å². The number of hydrogen-bond donors (Lipinski definition) is 1. The molecule has 1 aromatic heterocycles. The van der Waals surface area contributed by atoms with Gasteiger partial charge in [0.2, 0.25) is 0 Å². The molecule has 0 unspecified atom stereocenters. The molecule has 96 valence electrons. The van der Waals surface area contributed by atoms with E-state index in [-0.39, 0.29) is 0 Å². The number of benzene rings is 1. The number of nitrogens with zero attached hydrogens (tertiary/aromatic N) is 2. The van der Waals surface area contributed by atoms with Crippen LogP contribution in [0, 0.1) is 6.92 Å². The van der Waals surface area contributed by atoms with Crippen molar-refractivity contribution >= 4 is 0 Å². The predicted molar refractivity (Wildman–Crippen MR) is 73.3 cm³/mol. The first-order valence-electron chi connectivity index (χ1n) is 6.54. The molecule has 0 saturated carbocycles. The van der Waals surface area contributed by atoms with Crippen LogP contribution in [0.15, 0.2) is 36.7 Å². The lowest BCUT2D eigenvalue weighted by Crippen LogP contribution is -2.87. The van der Waals surface area contributed by atoms with Gasteiger partial charge in [-0.1, -0.05) is 29.8 Å². The Morgan fingerprint density at radius 2 is 1.94 bits per heavy atom. The van der Waals surface area contributed by atoms with Crippen LogP contribution in [0.4, 0.5) is 0 Å². The van der Waals surface area contributed by atoms with Gasteiger partial charge >= 0.3 is 0 Å². The van der Waals surface area contributed by atoms with Crippen LogP contribution >= 0.6 is 0 Å². The summed E-state index contributed by atoms with van der Waals surface area (Å²) in [6.45, 7) is 8.36. The number of aromatic nitrogens is 2. The number of nitrogens with two attached hydrogens (primary N) is 1. The fraction of sp³-hybridized carbons (Fsp3) is 0.400. The van der Waals surface area contributed by atoms with Crippen molar-refractivity contribution in [3.05, 3.63) is 53.6 Å². The zero-order valence-electron chi connectivity index (χ0n) is 11.4. The van der Waals surface area contributed by atoms with E-state index in [2.05, 4.69) is 66.1 Å². The SMILES string of the molecule is Cc1ccc(Cn2ccnc2C[NH2+]C(C)C)cc1. The van der Waals surface area contributed by atoms with E-state index in [1.54, 1.807) is 0 Å². The van der Waals surface area contributed by atoms with Gasteiger partial charge in [-0.15, -0.1) is 0 Å². The molecule has 0 aliphatic heterocycles. The molecule has 0 saturated heterocycles. The zero-order chi connectivity index (χ0) is 13.0. The van der Waals surface area contributed by atoms with Crippen molar-refractivity contribution < 1.29 is 5.32 Å². The zero-order valence-corrected chi connectivity index (χ0v) is 11.4. The first-order chi connectivity index (χ1) is 8.65. The van der Waals surface area contributed by atoms with Gasteiger partial charge in [-0.05, 0) is 26.3 Å². The van der Waals surface area contributed by atoms with E-state index in [4.69, 9.17) is 0 Å². The first-order valence-corrected chi connectivity index (χ1v) is 6.54. The number of imidazole rings is 1. The molecule has 2 N–H and O–H groups in total. The van der Waals surface area contributed by atoms with Crippen LogP contribution in [-0.2, 0) is 13.1 Å². The second-order valence-electron chi connectivity index (χ2n) is 5.14. The molecule has 0 aliphatic rings. The number of aryl methyl sites for hydroxylation is 1.